The average molecular weight is 375 g/mol. The van der Waals surface area contributed by atoms with Gasteiger partial charge in [0.2, 0.25) is 5.91 Å². The highest BCUT2D eigenvalue weighted by Crippen LogP contribution is 2.33. The first-order valence-electron chi connectivity index (χ1n) is 9.09. The summed E-state index contributed by atoms with van der Waals surface area (Å²) in [5.41, 5.74) is 0.914. The summed E-state index contributed by atoms with van der Waals surface area (Å²) in [5.74, 6) is 0.956. The van der Waals surface area contributed by atoms with E-state index in [9.17, 15) is 4.79 Å². The molecule has 7 nitrogen and oxygen atoms in total. The van der Waals surface area contributed by atoms with Gasteiger partial charge in [-0.3, -0.25) is 9.48 Å². The van der Waals surface area contributed by atoms with Crippen LogP contribution < -0.4 is 5.32 Å². The summed E-state index contributed by atoms with van der Waals surface area (Å²) in [6.45, 7) is 0.627. The second-order valence-electron chi connectivity index (χ2n) is 6.59. The molecule has 1 fully saturated rings. The summed E-state index contributed by atoms with van der Waals surface area (Å²) in [4.78, 5) is 11.9. The van der Waals surface area contributed by atoms with Crippen molar-refractivity contribution in [3.8, 4) is 0 Å². The van der Waals surface area contributed by atoms with Gasteiger partial charge in [0.15, 0.2) is 5.16 Å². The molecule has 2 aromatic heterocycles. The second-order valence-corrected chi connectivity index (χ2v) is 7.36. The van der Waals surface area contributed by atoms with E-state index in [2.05, 4.69) is 25.2 Å². The van der Waals surface area contributed by atoms with Gasteiger partial charge in [-0.1, -0.05) is 24.6 Å². The van der Waals surface area contributed by atoms with Gasteiger partial charge in [-0.25, -0.2) is 0 Å². The second kappa shape index (κ2) is 9.02. The van der Waals surface area contributed by atoms with Crippen LogP contribution in [0.4, 0.5) is 0 Å². The lowest BCUT2D eigenvalue weighted by Crippen LogP contribution is -2.23. The summed E-state index contributed by atoms with van der Waals surface area (Å²) in [5, 5.41) is 16.7. The molecule has 1 amide bonds. The maximum absolute atomic E-state index is 11.9. The Morgan fingerprint density at radius 2 is 2.19 bits per heavy atom. The molecule has 0 bridgehead atoms. The Morgan fingerprint density at radius 3 is 2.88 bits per heavy atom. The fraction of sp³-hybridized carbons (Fsp3) is 0.556. The molecule has 2 heterocycles. The number of thioether (sulfide) groups is 1. The van der Waals surface area contributed by atoms with Crippen LogP contribution in [0, 0.1) is 0 Å². The zero-order valence-electron chi connectivity index (χ0n) is 15.4. The Bertz CT molecular complexity index is 760. The lowest BCUT2D eigenvalue weighted by molar-refractivity contribution is -0.116. The van der Waals surface area contributed by atoms with Gasteiger partial charge in [0.25, 0.3) is 0 Å². The molecule has 1 saturated carbocycles. The van der Waals surface area contributed by atoms with Gasteiger partial charge < -0.3 is 9.88 Å². The minimum Gasteiger partial charge on any atom is -0.353 e. The summed E-state index contributed by atoms with van der Waals surface area (Å²) >= 11 is 1.66. The number of nitrogens with one attached hydrogen (secondary N) is 1. The molecule has 3 rings (SSSR count). The van der Waals surface area contributed by atoms with Gasteiger partial charge in [0.1, 0.15) is 5.82 Å². The third-order valence-corrected chi connectivity index (χ3v) is 5.28. The number of aryl methyl sites for hydroxylation is 2. The van der Waals surface area contributed by atoms with Gasteiger partial charge in [0, 0.05) is 43.9 Å². The minimum atomic E-state index is -0.0871. The highest BCUT2D eigenvalue weighted by atomic mass is 32.2. The SMILES string of the molecule is CSc1nnc(CCCNC(=O)C=Cc2cnn(C)c2)n1C1CCCC1. The molecular weight excluding hydrogens is 348 g/mol. The normalized spacial score (nSPS) is 15.2. The van der Waals surface area contributed by atoms with Gasteiger partial charge in [0.05, 0.1) is 6.20 Å². The van der Waals surface area contributed by atoms with Gasteiger partial charge >= 0.3 is 0 Å². The number of aromatic nitrogens is 5. The highest BCUT2D eigenvalue weighted by molar-refractivity contribution is 7.98. The Kier molecular flexibility index (Phi) is 6.49. The maximum Gasteiger partial charge on any atom is 0.244 e. The quantitative estimate of drug-likeness (QED) is 0.437. The molecule has 8 heteroatoms. The van der Waals surface area contributed by atoms with Crippen molar-refractivity contribution in [1.82, 2.24) is 29.9 Å². The Balaban J connectivity index is 1.47. The molecule has 1 aliphatic carbocycles. The van der Waals surface area contributed by atoms with E-state index in [1.54, 1.807) is 34.8 Å². The molecular formula is C18H26N6OS. The van der Waals surface area contributed by atoms with Crippen LogP contribution in [0.1, 0.15) is 49.5 Å². The van der Waals surface area contributed by atoms with Crippen molar-refractivity contribution in [2.75, 3.05) is 12.8 Å². The third kappa shape index (κ3) is 4.75. The van der Waals surface area contributed by atoms with Crippen LogP contribution in [0.25, 0.3) is 6.08 Å². The molecule has 0 aliphatic heterocycles. The summed E-state index contributed by atoms with van der Waals surface area (Å²) in [6, 6.07) is 0.541. The van der Waals surface area contributed by atoms with Crippen LogP contribution in [-0.2, 0) is 18.3 Å². The van der Waals surface area contributed by atoms with Gasteiger partial charge in [-0.05, 0) is 31.6 Å². The van der Waals surface area contributed by atoms with Crippen molar-refractivity contribution >= 4 is 23.7 Å². The molecule has 0 aromatic carbocycles. The highest BCUT2D eigenvalue weighted by Gasteiger charge is 2.23. The van der Waals surface area contributed by atoms with Crippen LogP contribution in [0.3, 0.4) is 0 Å². The fourth-order valence-corrected chi connectivity index (χ4v) is 3.94. The lowest BCUT2D eigenvalue weighted by Gasteiger charge is -2.16. The van der Waals surface area contributed by atoms with E-state index < -0.39 is 0 Å². The summed E-state index contributed by atoms with van der Waals surface area (Å²) in [7, 11) is 1.85. The molecule has 0 spiro atoms. The zero-order chi connectivity index (χ0) is 18.4. The smallest absolute Gasteiger partial charge is 0.244 e. The number of hydrogen-bond acceptors (Lipinski definition) is 5. The first-order valence-corrected chi connectivity index (χ1v) is 10.3. The van der Waals surface area contributed by atoms with Crippen LogP contribution >= 0.6 is 11.8 Å². The van der Waals surface area contributed by atoms with Gasteiger partial charge in [-0.2, -0.15) is 5.10 Å². The average Bonchev–Trinajstić information content (AvgIpc) is 3.37. The molecule has 140 valence electrons. The zero-order valence-corrected chi connectivity index (χ0v) is 16.2. The molecule has 26 heavy (non-hydrogen) atoms. The van der Waals surface area contributed by atoms with E-state index in [4.69, 9.17) is 0 Å². The maximum atomic E-state index is 11.9. The molecule has 0 radical (unpaired) electrons. The number of nitrogens with zero attached hydrogens (tertiary/aromatic N) is 5. The van der Waals surface area contributed by atoms with Crippen molar-refractivity contribution in [1.29, 1.82) is 0 Å². The van der Waals surface area contributed by atoms with Crippen LogP contribution in [-0.4, -0.2) is 43.3 Å². The van der Waals surface area contributed by atoms with E-state index in [1.165, 1.54) is 25.7 Å². The van der Waals surface area contributed by atoms with E-state index in [0.29, 0.717) is 12.6 Å². The molecule has 0 atom stereocenters. The molecule has 0 saturated heterocycles. The number of hydrogen-bond donors (Lipinski definition) is 1. The Hall–Kier alpha value is -2.09. The number of carbonyl (C=O) groups is 1. The predicted octanol–water partition coefficient (Wildman–Crippen LogP) is 2.61. The van der Waals surface area contributed by atoms with Crippen molar-refractivity contribution in [3.05, 3.63) is 29.9 Å². The summed E-state index contributed by atoms with van der Waals surface area (Å²) < 4.78 is 4.03. The van der Waals surface area contributed by atoms with Crippen molar-refractivity contribution in [2.24, 2.45) is 7.05 Å². The molecule has 1 N–H and O–H groups in total. The van der Waals surface area contributed by atoms with E-state index in [0.717, 1.165) is 29.4 Å². The third-order valence-electron chi connectivity index (χ3n) is 4.64. The van der Waals surface area contributed by atoms with Crippen molar-refractivity contribution in [3.63, 3.8) is 0 Å². The van der Waals surface area contributed by atoms with E-state index in [1.807, 2.05) is 19.5 Å². The van der Waals surface area contributed by atoms with E-state index in [-0.39, 0.29) is 5.91 Å². The molecule has 1 aliphatic rings. The lowest BCUT2D eigenvalue weighted by atomic mass is 10.2. The summed E-state index contributed by atoms with van der Waals surface area (Å²) in [6.07, 6.45) is 15.6. The van der Waals surface area contributed by atoms with Crippen molar-refractivity contribution < 1.29 is 4.79 Å². The molecule has 2 aromatic rings. The first-order chi connectivity index (χ1) is 12.7. The largest absolute Gasteiger partial charge is 0.353 e. The van der Waals surface area contributed by atoms with Crippen LogP contribution in [0.15, 0.2) is 23.6 Å². The topological polar surface area (TPSA) is 77.6 Å². The Morgan fingerprint density at radius 1 is 1.38 bits per heavy atom. The minimum absolute atomic E-state index is 0.0871. The Labute approximate surface area is 158 Å². The van der Waals surface area contributed by atoms with E-state index >= 15 is 0 Å². The fourth-order valence-electron chi connectivity index (χ4n) is 3.36. The molecule has 0 unspecified atom stereocenters. The number of amides is 1. The standard InChI is InChI=1S/C18H26N6OS/c1-23-13-14(12-20-23)9-10-17(25)19-11-5-8-16-21-22-18(26-2)24(16)15-6-3-4-7-15/h9-10,12-13,15H,3-8,11H2,1-2H3,(H,19,25). The first kappa shape index (κ1) is 18.7. The van der Waals surface area contributed by atoms with Crippen molar-refractivity contribution in [2.45, 2.75) is 49.7 Å². The number of carbonyl (C=O) groups excluding carboxylic acids is 1. The van der Waals surface area contributed by atoms with Crippen LogP contribution in [0.2, 0.25) is 0 Å². The number of rotatable bonds is 8. The van der Waals surface area contributed by atoms with Crippen LogP contribution in [0.5, 0.6) is 0 Å². The predicted molar refractivity (Wildman–Crippen MR) is 103 cm³/mol. The monoisotopic (exact) mass is 374 g/mol. The van der Waals surface area contributed by atoms with Gasteiger partial charge in [-0.15, -0.1) is 10.2 Å².